The van der Waals surface area contributed by atoms with Crippen LogP contribution in [0.5, 0.6) is 0 Å². The normalized spacial score (nSPS) is 18.7. The second-order valence-corrected chi connectivity index (χ2v) is 7.54. The zero-order valence-electron chi connectivity index (χ0n) is 15.6. The van der Waals surface area contributed by atoms with E-state index < -0.39 is 0 Å². The van der Waals surface area contributed by atoms with E-state index in [-0.39, 0.29) is 5.91 Å². The van der Waals surface area contributed by atoms with Crippen LogP contribution in [-0.4, -0.2) is 46.5 Å². The first kappa shape index (κ1) is 17.3. The van der Waals surface area contributed by atoms with E-state index in [2.05, 4.69) is 39.7 Å². The lowest BCUT2D eigenvalue weighted by molar-refractivity contribution is -0.119. The number of amides is 1. The highest BCUT2D eigenvalue weighted by Crippen LogP contribution is 2.28. The summed E-state index contributed by atoms with van der Waals surface area (Å²) in [5.74, 6) is 2.02. The topological polar surface area (TPSA) is 41.4 Å². The Labute approximate surface area is 155 Å². The largest absolute Gasteiger partial charge is 0.338 e. The van der Waals surface area contributed by atoms with Gasteiger partial charge in [0.25, 0.3) is 0 Å². The molecule has 1 aromatic carbocycles. The number of aromatic nitrogens is 2. The van der Waals surface area contributed by atoms with E-state index in [0.29, 0.717) is 12.3 Å². The van der Waals surface area contributed by atoms with Crippen molar-refractivity contribution in [1.82, 2.24) is 14.5 Å². The first-order chi connectivity index (χ1) is 12.7. The summed E-state index contributed by atoms with van der Waals surface area (Å²) in [6, 6.07) is 8.34. The number of anilines is 1. The fourth-order valence-electron chi connectivity index (χ4n) is 4.37. The Bertz CT molecular complexity index is 761. The molecule has 4 rings (SSSR count). The molecule has 0 spiro atoms. The Morgan fingerprint density at radius 3 is 2.77 bits per heavy atom. The number of hydrogen-bond acceptors (Lipinski definition) is 3. The maximum atomic E-state index is 12.8. The van der Waals surface area contributed by atoms with Gasteiger partial charge in [-0.2, -0.15) is 0 Å². The van der Waals surface area contributed by atoms with Gasteiger partial charge in [0.15, 0.2) is 0 Å². The van der Waals surface area contributed by atoms with Crippen LogP contribution in [0.4, 0.5) is 5.69 Å². The lowest BCUT2D eigenvalue weighted by atomic mass is 9.95. The number of para-hydroxylation sites is 1. The third-order valence-electron chi connectivity index (χ3n) is 5.86. The summed E-state index contributed by atoms with van der Waals surface area (Å²) >= 11 is 0. The van der Waals surface area contributed by atoms with E-state index in [1.54, 1.807) is 0 Å². The third-order valence-corrected chi connectivity index (χ3v) is 5.86. The van der Waals surface area contributed by atoms with Crippen LogP contribution in [0, 0.1) is 0 Å². The zero-order chi connectivity index (χ0) is 17.9. The Kier molecular flexibility index (Phi) is 5.07. The molecule has 2 aromatic rings. The summed E-state index contributed by atoms with van der Waals surface area (Å²) < 4.78 is 2.14. The number of aryl methyl sites for hydroxylation is 2. The summed E-state index contributed by atoms with van der Waals surface area (Å²) in [5, 5.41) is 0. The number of imidazole rings is 1. The van der Waals surface area contributed by atoms with E-state index in [1.165, 1.54) is 11.4 Å². The van der Waals surface area contributed by atoms with Gasteiger partial charge in [0.05, 0.1) is 0 Å². The molecule has 2 aliphatic rings. The van der Waals surface area contributed by atoms with Crippen molar-refractivity contribution in [2.24, 2.45) is 7.05 Å². The predicted octanol–water partition coefficient (Wildman–Crippen LogP) is 2.97. The molecule has 1 aromatic heterocycles. The fourth-order valence-corrected chi connectivity index (χ4v) is 4.37. The molecule has 0 unspecified atom stereocenters. The van der Waals surface area contributed by atoms with Crippen LogP contribution in [0.1, 0.15) is 43.0 Å². The highest BCUT2D eigenvalue weighted by Gasteiger charge is 2.25. The molecular formula is C21H28N4O. The molecule has 0 N–H and O–H groups in total. The van der Waals surface area contributed by atoms with E-state index in [9.17, 15) is 4.79 Å². The molecule has 0 aliphatic carbocycles. The van der Waals surface area contributed by atoms with Crippen LogP contribution in [0.3, 0.4) is 0 Å². The van der Waals surface area contributed by atoms with Gasteiger partial charge in [-0.15, -0.1) is 0 Å². The summed E-state index contributed by atoms with van der Waals surface area (Å²) in [6.07, 6.45) is 8.94. The van der Waals surface area contributed by atoms with E-state index in [0.717, 1.165) is 57.5 Å². The van der Waals surface area contributed by atoms with Crippen molar-refractivity contribution >= 4 is 11.6 Å². The van der Waals surface area contributed by atoms with Crippen molar-refractivity contribution < 1.29 is 4.79 Å². The van der Waals surface area contributed by atoms with Gasteiger partial charge in [0.1, 0.15) is 5.82 Å². The van der Waals surface area contributed by atoms with Gasteiger partial charge in [-0.1, -0.05) is 18.2 Å². The first-order valence-electron chi connectivity index (χ1n) is 9.80. The maximum absolute atomic E-state index is 12.8. The molecule has 2 aliphatic heterocycles. The third kappa shape index (κ3) is 3.54. The van der Waals surface area contributed by atoms with Gasteiger partial charge in [-0.25, -0.2) is 4.98 Å². The second kappa shape index (κ2) is 7.62. The molecule has 0 atom stereocenters. The first-order valence-corrected chi connectivity index (χ1v) is 9.80. The molecule has 1 fully saturated rings. The van der Waals surface area contributed by atoms with Gasteiger partial charge in [0.2, 0.25) is 5.91 Å². The van der Waals surface area contributed by atoms with E-state index in [4.69, 9.17) is 0 Å². The second-order valence-electron chi connectivity index (χ2n) is 7.54. The summed E-state index contributed by atoms with van der Waals surface area (Å²) in [7, 11) is 2.07. The van der Waals surface area contributed by atoms with Gasteiger partial charge in [-0.05, 0) is 50.4 Å². The average Bonchev–Trinajstić information content (AvgIpc) is 3.12. The highest BCUT2D eigenvalue weighted by atomic mass is 16.2. The molecule has 138 valence electrons. The lowest BCUT2D eigenvalue weighted by Gasteiger charge is -2.33. The standard InChI is InChI=1S/C21H28N4O/c1-23-16-11-22-21(23)18-8-13-24(14-9-18)15-10-20(26)25-12-4-6-17-5-2-3-7-19(17)25/h2-3,5,7,11,16,18H,4,6,8-10,12-15H2,1H3. The molecule has 3 heterocycles. The van der Waals surface area contributed by atoms with E-state index in [1.807, 2.05) is 23.4 Å². The number of rotatable bonds is 4. The maximum Gasteiger partial charge on any atom is 0.228 e. The number of piperidine rings is 1. The van der Waals surface area contributed by atoms with Crippen molar-refractivity contribution in [2.75, 3.05) is 31.1 Å². The minimum atomic E-state index is 0.267. The molecule has 1 saturated heterocycles. The Hall–Kier alpha value is -2.14. The molecule has 5 heteroatoms. The van der Waals surface area contributed by atoms with Gasteiger partial charge in [0, 0.05) is 50.6 Å². The number of hydrogen-bond donors (Lipinski definition) is 0. The summed E-state index contributed by atoms with van der Waals surface area (Å²) in [4.78, 5) is 21.7. The zero-order valence-corrected chi connectivity index (χ0v) is 15.6. The van der Waals surface area contributed by atoms with Crippen LogP contribution < -0.4 is 4.90 Å². The van der Waals surface area contributed by atoms with Gasteiger partial charge < -0.3 is 14.4 Å². The van der Waals surface area contributed by atoms with Crippen molar-refractivity contribution in [3.63, 3.8) is 0 Å². The van der Waals surface area contributed by atoms with Crippen LogP contribution in [0.15, 0.2) is 36.7 Å². The quantitative estimate of drug-likeness (QED) is 0.849. The minimum Gasteiger partial charge on any atom is -0.338 e. The highest BCUT2D eigenvalue weighted by molar-refractivity contribution is 5.94. The van der Waals surface area contributed by atoms with Crippen LogP contribution >= 0.6 is 0 Å². The minimum absolute atomic E-state index is 0.267. The molecule has 0 radical (unpaired) electrons. The number of fused-ring (bicyclic) bond motifs is 1. The van der Waals surface area contributed by atoms with Gasteiger partial charge in [-0.3, -0.25) is 4.79 Å². The van der Waals surface area contributed by atoms with Crippen molar-refractivity contribution in [3.05, 3.63) is 48.0 Å². The molecule has 0 bridgehead atoms. The Balaban J connectivity index is 1.29. The molecule has 26 heavy (non-hydrogen) atoms. The van der Waals surface area contributed by atoms with Crippen molar-refractivity contribution in [2.45, 2.75) is 38.0 Å². The summed E-state index contributed by atoms with van der Waals surface area (Å²) in [5.41, 5.74) is 2.43. The number of carbonyl (C=O) groups is 1. The Morgan fingerprint density at radius 1 is 1.19 bits per heavy atom. The Morgan fingerprint density at radius 2 is 2.00 bits per heavy atom. The van der Waals surface area contributed by atoms with Crippen molar-refractivity contribution in [1.29, 1.82) is 0 Å². The van der Waals surface area contributed by atoms with Crippen LogP contribution in [-0.2, 0) is 18.3 Å². The molecule has 1 amide bonds. The molecule has 0 saturated carbocycles. The average molecular weight is 352 g/mol. The SMILES string of the molecule is Cn1ccnc1C1CCN(CCC(=O)N2CCCc3ccccc32)CC1. The van der Waals surface area contributed by atoms with Crippen LogP contribution in [0.2, 0.25) is 0 Å². The smallest absolute Gasteiger partial charge is 0.228 e. The van der Waals surface area contributed by atoms with E-state index >= 15 is 0 Å². The number of likely N-dealkylation sites (tertiary alicyclic amines) is 1. The summed E-state index contributed by atoms with van der Waals surface area (Å²) in [6.45, 7) is 3.84. The van der Waals surface area contributed by atoms with Gasteiger partial charge >= 0.3 is 0 Å². The lowest BCUT2D eigenvalue weighted by Crippen LogP contribution is -2.39. The van der Waals surface area contributed by atoms with Crippen LogP contribution in [0.25, 0.3) is 0 Å². The predicted molar refractivity (Wildman–Crippen MR) is 103 cm³/mol. The number of carbonyl (C=O) groups excluding carboxylic acids is 1. The van der Waals surface area contributed by atoms with Crippen molar-refractivity contribution in [3.8, 4) is 0 Å². The number of benzene rings is 1. The number of nitrogens with zero attached hydrogens (tertiary/aromatic N) is 4. The monoisotopic (exact) mass is 352 g/mol. The fraction of sp³-hybridized carbons (Fsp3) is 0.524. The molecular weight excluding hydrogens is 324 g/mol. The molecule has 5 nitrogen and oxygen atoms in total.